The molecule has 1 heterocycles. The highest BCUT2D eigenvalue weighted by atomic mass is 79.9. The summed E-state index contributed by atoms with van der Waals surface area (Å²) >= 11 is 3.29. The van der Waals surface area contributed by atoms with Crippen molar-refractivity contribution in [2.24, 2.45) is 7.05 Å². The van der Waals surface area contributed by atoms with Gasteiger partial charge in [-0.2, -0.15) is 0 Å². The number of ether oxygens (including phenoxy) is 1. The van der Waals surface area contributed by atoms with E-state index in [1.807, 2.05) is 17.8 Å². The molecule has 0 spiro atoms. The second-order valence-corrected chi connectivity index (χ2v) is 5.03. The Morgan fingerprint density at radius 2 is 2.26 bits per heavy atom. The number of benzene rings is 1. The van der Waals surface area contributed by atoms with Crippen LogP contribution in [-0.4, -0.2) is 22.1 Å². The Hall–Kier alpha value is -1.82. The summed E-state index contributed by atoms with van der Waals surface area (Å²) in [6, 6.07) is 5.00. The van der Waals surface area contributed by atoms with Gasteiger partial charge in [0.05, 0.1) is 12.2 Å². The van der Waals surface area contributed by atoms with Gasteiger partial charge >= 0.3 is 5.97 Å². The van der Waals surface area contributed by atoms with E-state index < -0.39 is 0 Å². The first-order chi connectivity index (χ1) is 9.06. The average molecular weight is 324 g/mol. The molecule has 6 heteroatoms. The Morgan fingerprint density at radius 3 is 2.89 bits per heavy atom. The number of halogens is 1. The molecule has 2 rings (SSSR count). The number of aryl methyl sites for hydroxylation is 1. The second kappa shape index (κ2) is 5.88. The number of anilines is 1. The van der Waals surface area contributed by atoms with Gasteiger partial charge in [0.15, 0.2) is 0 Å². The number of imidazole rings is 1. The zero-order chi connectivity index (χ0) is 13.8. The topological polar surface area (TPSA) is 70.1 Å². The lowest BCUT2D eigenvalue weighted by Crippen LogP contribution is -2.10. The average Bonchev–Trinajstić information content (AvgIpc) is 2.74. The molecule has 1 aromatic heterocycles. The van der Waals surface area contributed by atoms with Crippen molar-refractivity contribution in [2.45, 2.75) is 6.42 Å². The molecule has 0 saturated carbocycles. The third kappa shape index (κ3) is 3.57. The second-order valence-electron chi connectivity index (χ2n) is 4.11. The van der Waals surface area contributed by atoms with Crippen molar-refractivity contribution < 1.29 is 9.53 Å². The van der Waals surface area contributed by atoms with Crippen LogP contribution in [0.3, 0.4) is 0 Å². The molecule has 0 amide bonds. The molecular weight excluding hydrogens is 310 g/mol. The van der Waals surface area contributed by atoms with Crippen molar-refractivity contribution in [3.63, 3.8) is 0 Å². The monoisotopic (exact) mass is 323 g/mol. The largest absolute Gasteiger partial charge is 0.462 e. The van der Waals surface area contributed by atoms with E-state index in [-0.39, 0.29) is 12.6 Å². The van der Waals surface area contributed by atoms with Crippen LogP contribution in [0.15, 0.2) is 35.1 Å². The molecule has 100 valence electrons. The Kier molecular flexibility index (Phi) is 4.21. The number of aromatic nitrogens is 2. The third-order valence-electron chi connectivity index (χ3n) is 2.64. The van der Waals surface area contributed by atoms with Crippen LogP contribution >= 0.6 is 15.9 Å². The minimum atomic E-state index is -0.387. The van der Waals surface area contributed by atoms with Crippen LogP contribution in [0.25, 0.3) is 0 Å². The van der Waals surface area contributed by atoms with Crippen molar-refractivity contribution in [3.05, 3.63) is 46.5 Å². The van der Waals surface area contributed by atoms with Gasteiger partial charge in [0.25, 0.3) is 0 Å². The number of carbonyl (C=O) groups is 1. The summed E-state index contributed by atoms with van der Waals surface area (Å²) in [5, 5.41) is 0. The summed E-state index contributed by atoms with van der Waals surface area (Å²) in [5.41, 5.74) is 6.63. The predicted octanol–water partition coefficient (Wildman–Crippen LogP) is 2.16. The smallest absolute Gasteiger partial charge is 0.338 e. The van der Waals surface area contributed by atoms with E-state index in [9.17, 15) is 4.79 Å². The molecule has 0 aliphatic carbocycles. The van der Waals surface area contributed by atoms with Gasteiger partial charge in [0, 0.05) is 36.0 Å². The minimum Gasteiger partial charge on any atom is -0.462 e. The number of nitrogens with zero attached hydrogens (tertiary/aromatic N) is 2. The van der Waals surface area contributed by atoms with Crippen LogP contribution < -0.4 is 5.73 Å². The first-order valence-electron chi connectivity index (χ1n) is 5.75. The van der Waals surface area contributed by atoms with Crippen LogP contribution in [0.4, 0.5) is 5.69 Å². The Balaban J connectivity index is 1.92. The van der Waals surface area contributed by atoms with E-state index in [0.717, 1.165) is 10.3 Å². The molecule has 0 saturated heterocycles. The maximum atomic E-state index is 11.8. The van der Waals surface area contributed by atoms with Gasteiger partial charge in [0.1, 0.15) is 5.82 Å². The van der Waals surface area contributed by atoms with Gasteiger partial charge in [0.2, 0.25) is 0 Å². The highest BCUT2D eigenvalue weighted by Gasteiger charge is 2.09. The molecule has 0 aliphatic heterocycles. The lowest BCUT2D eigenvalue weighted by molar-refractivity contribution is 0.0507. The fourth-order valence-corrected chi connectivity index (χ4v) is 2.20. The van der Waals surface area contributed by atoms with Crippen molar-refractivity contribution in [3.8, 4) is 0 Å². The minimum absolute atomic E-state index is 0.288. The Morgan fingerprint density at radius 1 is 1.47 bits per heavy atom. The lowest BCUT2D eigenvalue weighted by Gasteiger charge is -2.06. The number of hydrogen-bond donors (Lipinski definition) is 1. The normalized spacial score (nSPS) is 10.4. The van der Waals surface area contributed by atoms with Crippen LogP contribution in [0.2, 0.25) is 0 Å². The van der Waals surface area contributed by atoms with Crippen molar-refractivity contribution in [1.29, 1.82) is 0 Å². The lowest BCUT2D eigenvalue weighted by atomic mass is 10.2. The molecule has 0 fully saturated rings. The summed E-state index contributed by atoms with van der Waals surface area (Å²) < 4.78 is 7.84. The summed E-state index contributed by atoms with van der Waals surface area (Å²) in [6.07, 6.45) is 4.15. The van der Waals surface area contributed by atoms with Crippen molar-refractivity contribution in [1.82, 2.24) is 9.55 Å². The zero-order valence-electron chi connectivity index (χ0n) is 10.5. The summed E-state index contributed by atoms with van der Waals surface area (Å²) in [7, 11) is 1.90. The fraction of sp³-hybridized carbons (Fsp3) is 0.231. The number of nitrogen functional groups attached to an aromatic ring is 1. The molecule has 5 nitrogen and oxygen atoms in total. The van der Waals surface area contributed by atoms with Gasteiger partial charge in [-0.3, -0.25) is 0 Å². The SMILES string of the molecule is Cn1ccnc1CCOC(=O)c1cc(N)cc(Br)c1. The highest BCUT2D eigenvalue weighted by molar-refractivity contribution is 9.10. The van der Waals surface area contributed by atoms with E-state index >= 15 is 0 Å². The Bertz CT molecular complexity index is 575. The summed E-state index contributed by atoms with van der Waals surface area (Å²) in [5.74, 6) is 0.490. The Labute approximate surface area is 119 Å². The number of nitrogens with two attached hydrogens (primary N) is 1. The molecule has 2 aromatic rings. The van der Waals surface area contributed by atoms with E-state index in [0.29, 0.717) is 17.7 Å². The van der Waals surface area contributed by atoms with E-state index in [2.05, 4.69) is 20.9 Å². The molecular formula is C13H14BrN3O2. The first kappa shape index (κ1) is 13.6. The molecule has 0 aliphatic rings. The zero-order valence-corrected chi connectivity index (χ0v) is 12.1. The highest BCUT2D eigenvalue weighted by Crippen LogP contribution is 2.18. The van der Waals surface area contributed by atoms with Crippen LogP contribution in [0.5, 0.6) is 0 Å². The van der Waals surface area contributed by atoms with Crippen LogP contribution in [0.1, 0.15) is 16.2 Å². The molecule has 0 radical (unpaired) electrons. The summed E-state index contributed by atoms with van der Waals surface area (Å²) in [4.78, 5) is 16.0. The van der Waals surface area contributed by atoms with Crippen LogP contribution in [-0.2, 0) is 18.2 Å². The molecule has 2 N–H and O–H groups in total. The van der Waals surface area contributed by atoms with E-state index in [4.69, 9.17) is 10.5 Å². The predicted molar refractivity (Wildman–Crippen MR) is 75.7 cm³/mol. The number of carbonyl (C=O) groups excluding carboxylic acids is 1. The molecule has 19 heavy (non-hydrogen) atoms. The summed E-state index contributed by atoms with van der Waals surface area (Å²) in [6.45, 7) is 0.288. The molecule has 0 bridgehead atoms. The standard InChI is InChI=1S/C13H14BrN3O2/c1-17-4-3-16-12(17)2-5-19-13(18)9-6-10(14)8-11(15)7-9/h3-4,6-8H,2,5,15H2,1H3. The molecule has 0 atom stereocenters. The maximum absolute atomic E-state index is 11.8. The molecule has 0 unspecified atom stereocenters. The number of esters is 1. The van der Waals surface area contributed by atoms with Crippen LogP contribution in [0, 0.1) is 0 Å². The fourth-order valence-electron chi connectivity index (χ4n) is 1.69. The van der Waals surface area contributed by atoms with Crippen molar-refractivity contribution in [2.75, 3.05) is 12.3 Å². The maximum Gasteiger partial charge on any atom is 0.338 e. The number of rotatable bonds is 4. The van der Waals surface area contributed by atoms with Gasteiger partial charge in [-0.05, 0) is 18.2 Å². The number of hydrogen-bond acceptors (Lipinski definition) is 4. The van der Waals surface area contributed by atoms with Crippen molar-refractivity contribution >= 4 is 27.6 Å². The van der Waals surface area contributed by atoms with Gasteiger partial charge in [-0.15, -0.1) is 0 Å². The van der Waals surface area contributed by atoms with Gasteiger partial charge in [-0.25, -0.2) is 9.78 Å². The van der Waals surface area contributed by atoms with Gasteiger partial charge in [-0.1, -0.05) is 15.9 Å². The first-order valence-corrected chi connectivity index (χ1v) is 6.55. The molecule has 1 aromatic carbocycles. The quantitative estimate of drug-likeness (QED) is 0.691. The van der Waals surface area contributed by atoms with Gasteiger partial charge < -0.3 is 15.0 Å². The third-order valence-corrected chi connectivity index (χ3v) is 3.09. The van der Waals surface area contributed by atoms with E-state index in [1.54, 1.807) is 24.4 Å². The van der Waals surface area contributed by atoms with E-state index in [1.165, 1.54) is 0 Å².